The molecule has 5 nitrogen and oxygen atoms in total. The Bertz CT molecular complexity index is 715. The van der Waals surface area contributed by atoms with Crippen molar-refractivity contribution in [3.8, 4) is 0 Å². The number of fused-ring (bicyclic) bond motifs is 1. The van der Waals surface area contributed by atoms with Gasteiger partial charge in [0.05, 0.1) is 17.7 Å². The molecule has 2 heterocycles. The summed E-state index contributed by atoms with van der Waals surface area (Å²) in [6.07, 6.45) is 5.48. The van der Waals surface area contributed by atoms with Gasteiger partial charge in [0.2, 0.25) is 0 Å². The summed E-state index contributed by atoms with van der Waals surface area (Å²) < 4.78 is 1.89. The average molecular weight is 316 g/mol. The zero-order valence-corrected chi connectivity index (χ0v) is 13.6. The molecule has 23 heavy (non-hydrogen) atoms. The molecule has 2 N–H and O–H groups in total. The first kappa shape index (κ1) is 16.0. The zero-order valence-electron chi connectivity index (χ0n) is 13.6. The van der Waals surface area contributed by atoms with Crippen LogP contribution in [0.15, 0.2) is 18.3 Å². The number of aliphatic hydroxyl groups is 1. The number of carboxylic acids is 1. The third kappa shape index (κ3) is 3.12. The van der Waals surface area contributed by atoms with Gasteiger partial charge < -0.3 is 19.7 Å². The second-order valence-electron chi connectivity index (χ2n) is 6.33. The molecule has 0 spiro atoms. The van der Waals surface area contributed by atoms with Gasteiger partial charge in [-0.2, -0.15) is 0 Å². The fourth-order valence-corrected chi connectivity index (χ4v) is 3.61. The monoisotopic (exact) mass is 316 g/mol. The summed E-state index contributed by atoms with van der Waals surface area (Å²) in [7, 11) is 0. The summed E-state index contributed by atoms with van der Waals surface area (Å²) in [6, 6.07) is 3.90. The molecule has 0 radical (unpaired) electrons. The van der Waals surface area contributed by atoms with Crippen LogP contribution in [0.2, 0.25) is 0 Å². The van der Waals surface area contributed by atoms with Gasteiger partial charge in [0.25, 0.3) is 0 Å². The minimum Gasteiger partial charge on any atom is -0.478 e. The number of hydrogen-bond acceptors (Lipinski definition) is 3. The fourth-order valence-electron chi connectivity index (χ4n) is 3.61. The molecular formula is C18H24N2O3. The van der Waals surface area contributed by atoms with Crippen molar-refractivity contribution in [2.24, 2.45) is 0 Å². The second kappa shape index (κ2) is 6.72. The molecular weight excluding hydrogens is 292 g/mol. The Labute approximate surface area is 136 Å². The molecule has 0 amide bonds. The number of nitrogens with zero attached hydrogens (tertiary/aromatic N) is 2. The van der Waals surface area contributed by atoms with E-state index in [0.29, 0.717) is 12.1 Å². The molecule has 0 atom stereocenters. The Balaban J connectivity index is 2.01. The number of carboxylic acid groups (broad SMARTS) is 1. The number of aromatic carboxylic acids is 1. The van der Waals surface area contributed by atoms with Crippen LogP contribution in [0.3, 0.4) is 0 Å². The van der Waals surface area contributed by atoms with Gasteiger partial charge in [-0.25, -0.2) is 4.79 Å². The average Bonchev–Trinajstić information content (AvgIpc) is 3.13. The van der Waals surface area contributed by atoms with Crippen molar-refractivity contribution in [2.45, 2.75) is 32.7 Å². The number of likely N-dealkylation sites (tertiary alicyclic amines) is 1. The van der Waals surface area contributed by atoms with Crippen molar-refractivity contribution < 1.29 is 15.0 Å². The Kier molecular flexibility index (Phi) is 4.68. The maximum Gasteiger partial charge on any atom is 0.338 e. The van der Waals surface area contributed by atoms with Crippen LogP contribution in [0, 0.1) is 6.92 Å². The molecule has 0 saturated carbocycles. The van der Waals surface area contributed by atoms with Gasteiger partial charge in [-0.05, 0) is 50.4 Å². The summed E-state index contributed by atoms with van der Waals surface area (Å²) >= 11 is 0. The van der Waals surface area contributed by atoms with Crippen LogP contribution in [0.1, 0.15) is 34.3 Å². The number of rotatable bonds is 6. The van der Waals surface area contributed by atoms with Gasteiger partial charge in [-0.15, -0.1) is 0 Å². The van der Waals surface area contributed by atoms with Gasteiger partial charge in [-0.1, -0.05) is 12.1 Å². The molecule has 1 saturated heterocycles. The van der Waals surface area contributed by atoms with Crippen molar-refractivity contribution in [1.29, 1.82) is 0 Å². The molecule has 1 aromatic heterocycles. The molecule has 2 aromatic rings. The third-order valence-electron chi connectivity index (χ3n) is 4.78. The Hall–Kier alpha value is -1.85. The minimum atomic E-state index is -0.906. The lowest BCUT2D eigenvalue weighted by Crippen LogP contribution is -2.21. The van der Waals surface area contributed by atoms with Crippen LogP contribution in [0.25, 0.3) is 10.9 Å². The summed E-state index contributed by atoms with van der Waals surface area (Å²) in [5.41, 5.74) is 3.02. The number of carbonyl (C=O) groups is 1. The maximum atomic E-state index is 11.7. The Morgan fingerprint density at radius 1 is 1.22 bits per heavy atom. The molecule has 3 rings (SSSR count). The minimum absolute atomic E-state index is 0.00233. The highest BCUT2D eigenvalue weighted by Crippen LogP contribution is 2.28. The summed E-state index contributed by atoms with van der Waals surface area (Å²) in [4.78, 5) is 14.1. The maximum absolute atomic E-state index is 11.7. The van der Waals surface area contributed by atoms with Crippen molar-refractivity contribution >= 4 is 16.9 Å². The van der Waals surface area contributed by atoms with Crippen molar-refractivity contribution in [3.05, 3.63) is 35.0 Å². The molecule has 1 aromatic carbocycles. The van der Waals surface area contributed by atoms with Crippen LogP contribution in [0.4, 0.5) is 0 Å². The summed E-state index contributed by atoms with van der Waals surface area (Å²) in [5, 5.41) is 19.9. The number of aromatic nitrogens is 1. The predicted octanol–water partition coefficient (Wildman–Crippen LogP) is 2.28. The standard InChI is InChI=1S/C18H24N2O3/c1-13-4-5-15-14(6-9-19-7-2-3-8-19)12-20(10-11-21)17(15)16(13)18(22)23/h4-5,12,21H,2-3,6-11H2,1H3,(H,22,23). The first-order valence-corrected chi connectivity index (χ1v) is 8.29. The van der Waals surface area contributed by atoms with Gasteiger partial charge >= 0.3 is 5.97 Å². The van der Waals surface area contributed by atoms with Crippen LogP contribution in [0.5, 0.6) is 0 Å². The van der Waals surface area contributed by atoms with Gasteiger partial charge in [-0.3, -0.25) is 0 Å². The molecule has 0 bridgehead atoms. The predicted molar refractivity (Wildman–Crippen MR) is 90.1 cm³/mol. The zero-order chi connectivity index (χ0) is 16.4. The van der Waals surface area contributed by atoms with Crippen molar-refractivity contribution in [1.82, 2.24) is 9.47 Å². The highest BCUT2D eigenvalue weighted by Gasteiger charge is 2.19. The van der Waals surface area contributed by atoms with E-state index in [1.807, 2.05) is 29.8 Å². The number of aliphatic hydroxyl groups excluding tert-OH is 1. The van der Waals surface area contributed by atoms with Gasteiger partial charge in [0.15, 0.2) is 0 Å². The van der Waals surface area contributed by atoms with Crippen molar-refractivity contribution in [2.75, 3.05) is 26.2 Å². The van der Waals surface area contributed by atoms with E-state index >= 15 is 0 Å². The van der Waals surface area contributed by atoms with E-state index < -0.39 is 5.97 Å². The van der Waals surface area contributed by atoms with E-state index in [4.69, 9.17) is 0 Å². The third-order valence-corrected chi connectivity index (χ3v) is 4.78. The largest absolute Gasteiger partial charge is 0.478 e. The molecule has 0 unspecified atom stereocenters. The van der Waals surface area contributed by atoms with E-state index in [1.165, 1.54) is 18.4 Å². The number of aryl methyl sites for hydroxylation is 1. The highest BCUT2D eigenvalue weighted by molar-refractivity contribution is 6.04. The van der Waals surface area contributed by atoms with E-state index in [-0.39, 0.29) is 6.61 Å². The van der Waals surface area contributed by atoms with E-state index in [0.717, 1.165) is 42.5 Å². The first-order chi connectivity index (χ1) is 11.1. The lowest BCUT2D eigenvalue weighted by molar-refractivity contribution is 0.0697. The summed E-state index contributed by atoms with van der Waals surface area (Å²) in [6.45, 7) is 5.58. The van der Waals surface area contributed by atoms with Gasteiger partial charge in [0.1, 0.15) is 0 Å². The molecule has 1 fully saturated rings. The smallest absolute Gasteiger partial charge is 0.338 e. The van der Waals surface area contributed by atoms with E-state index in [1.54, 1.807) is 0 Å². The Morgan fingerprint density at radius 3 is 2.61 bits per heavy atom. The quantitative estimate of drug-likeness (QED) is 0.858. The van der Waals surface area contributed by atoms with Crippen molar-refractivity contribution in [3.63, 3.8) is 0 Å². The van der Waals surface area contributed by atoms with Crippen LogP contribution in [-0.4, -0.2) is 51.9 Å². The Morgan fingerprint density at radius 2 is 1.96 bits per heavy atom. The fraction of sp³-hybridized carbons (Fsp3) is 0.500. The van der Waals surface area contributed by atoms with Crippen LogP contribution < -0.4 is 0 Å². The highest BCUT2D eigenvalue weighted by atomic mass is 16.4. The molecule has 124 valence electrons. The SMILES string of the molecule is Cc1ccc2c(CCN3CCCC3)cn(CCO)c2c1C(=O)O. The van der Waals surface area contributed by atoms with E-state index in [2.05, 4.69) is 4.90 Å². The molecule has 5 heteroatoms. The number of hydrogen-bond donors (Lipinski definition) is 2. The van der Waals surface area contributed by atoms with Crippen LogP contribution in [-0.2, 0) is 13.0 Å². The molecule has 1 aliphatic rings. The first-order valence-electron chi connectivity index (χ1n) is 8.29. The van der Waals surface area contributed by atoms with E-state index in [9.17, 15) is 15.0 Å². The molecule has 0 aliphatic carbocycles. The lowest BCUT2D eigenvalue weighted by Gasteiger charge is -2.13. The normalized spacial score (nSPS) is 15.6. The van der Waals surface area contributed by atoms with Gasteiger partial charge in [0, 0.05) is 24.7 Å². The number of benzene rings is 1. The summed E-state index contributed by atoms with van der Waals surface area (Å²) in [5.74, 6) is -0.906. The lowest BCUT2D eigenvalue weighted by atomic mass is 10.0. The molecule has 1 aliphatic heterocycles. The second-order valence-corrected chi connectivity index (χ2v) is 6.33. The van der Waals surface area contributed by atoms with Crippen LogP contribution >= 0.6 is 0 Å². The topological polar surface area (TPSA) is 65.7 Å².